The molecule has 0 unspecified atom stereocenters. The molecule has 0 radical (unpaired) electrons. The molecule has 1 amide bonds. The normalized spacial score (nSPS) is 18.5. The second kappa shape index (κ2) is 8.93. The number of carbonyl (C=O) groups excluding carboxylic acids is 1. The molecule has 1 aromatic carbocycles. The molecule has 1 N–H and O–H groups in total. The third-order valence-corrected chi connectivity index (χ3v) is 5.26. The minimum absolute atomic E-state index is 0. The van der Waals surface area contributed by atoms with Crippen molar-refractivity contribution in [2.75, 3.05) is 25.4 Å². The summed E-state index contributed by atoms with van der Waals surface area (Å²) < 4.78 is 1.10. The third kappa shape index (κ3) is 4.95. The molecule has 1 aliphatic heterocycles. The Balaban J connectivity index is 0.00000200. The van der Waals surface area contributed by atoms with E-state index in [1.165, 1.54) is 4.90 Å². The summed E-state index contributed by atoms with van der Waals surface area (Å²) in [5.41, 5.74) is 0. The van der Waals surface area contributed by atoms with Crippen LogP contribution >= 0.6 is 40.1 Å². The van der Waals surface area contributed by atoms with Crippen LogP contribution < -0.4 is 5.32 Å². The first-order valence-electron chi connectivity index (χ1n) is 6.56. The first-order chi connectivity index (χ1) is 9.18. The molecule has 1 atom stereocenters. The molecular formula is C14H20BrClN2OS. The van der Waals surface area contributed by atoms with E-state index in [9.17, 15) is 4.79 Å². The maximum Gasteiger partial charge on any atom is 0.223 e. The van der Waals surface area contributed by atoms with Crippen LogP contribution in [0.4, 0.5) is 0 Å². The number of thioether (sulfide) groups is 1. The van der Waals surface area contributed by atoms with Gasteiger partial charge in [-0.1, -0.05) is 12.1 Å². The summed E-state index contributed by atoms with van der Waals surface area (Å²) >= 11 is 5.26. The second-order valence-corrected chi connectivity index (χ2v) is 6.66. The van der Waals surface area contributed by atoms with E-state index in [1.807, 2.05) is 23.1 Å². The van der Waals surface area contributed by atoms with E-state index >= 15 is 0 Å². The van der Waals surface area contributed by atoms with Crippen LogP contribution in [0.3, 0.4) is 0 Å². The van der Waals surface area contributed by atoms with Crippen LogP contribution in [-0.4, -0.2) is 42.2 Å². The van der Waals surface area contributed by atoms with E-state index in [1.54, 1.807) is 11.8 Å². The zero-order chi connectivity index (χ0) is 13.7. The van der Waals surface area contributed by atoms with E-state index in [0.717, 1.165) is 29.9 Å². The van der Waals surface area contributed by atoms with Gasteiger partial charge in [0.2, 0.25) is 5.91 Å². The highest BCUT2D eigenvalue weighted by Crippen LogP contribution is 2.27. The zero-order valence-electron chi connectivity index (χ0n) is 11.5. The molecule has 1 heterocycles. The molecule has 0 spiro atoms. The van der Waals surface area contributed by atoms with Gasteiger partial charge in [0.25, 0.3) is 0 Å². The number of nitrogens with zero attached hydrogens (tertiary/aromatic N) is 1. The number of rotatable bonds is 4. The van der Waals surface area contributed by atoms with Crippen LogP contribution in [0.5, 0.6) is 0 Å². The Hall–Kier alpha value is -0.230. The van der Waals surface area contributed by atoms with Crippen molar-refractivity contribution in [3.05, 3.63) is 28.7 Å². The van der Waals surface area contributed by atoms with E-state index in [2.05, 4.69) is 34.2 Å². The van der Waals surface area contributed by atoms with E-state index in [4.69, 9.17) is 0 Å². The second-order valence-electron chi connectivity index (χ2n) is 4.67. The van der Waals surface area contributed by atoms with Crippen molar-refractivity contribution in [2.45, 2.75) is 24.3 Å². The lowest BCUT2D eigenvalue weighted by Crippen LogP contribution is -2.52. The lowest BCUT2D eigenvalue weighted by atomic mass is 10.2. The number of amides is 1. The summed E-state index contributed by atoms with van der Waals surface area (Å²) in [4.78, 5) is 15.4. The first-order valence-corrected chi connectivity index (χ1v) is 8.34. The number of piperazine rings is 1. The number of nitrogens with one attached hydrogen (secondary N) is 1. The predicted molar refractivity (Wildman–Crippen MR) is 90.8 cm³/mol. The molecule has 0 saturated carbocycles. The van der Waals surface area contributed by atoms with Crippen molar-refractivity contribution in [2.24, 2.45) is 0 Å². The first kappa shape index (κ1) is 17.8. The molecule has 1 aromatic rings. The lowest BCUT2D eigenvalue weighted by Gasteiger charge is -2.34. The molecule has 0 aliphatic carbocycles. The fraction of sp³-hybridized carbons (Fsp3) is 0.500. The van der Waals surface area contributed by atoms with Gasteiger partial charge < -0.3 is 10.2 Å². The zero-order valence-corrected chi connectivity index (χ0v) is 14.7. The summed E-state index contributed by atoms with van der Waals surface area (Å²) in [6.45, 7) is 4.75. The van der Waals surface area contributed by atoms with Crippen molar-refractivity contribution in [3.63, 3.8) is 0 Å². The number of benzene rings is 1. The Morgan fingerprint density at radius 2 is 2.25 bits per heavy atom. The smallest absolute Gasteiger partial charge is 0.223 e. The molecule has 1 fully saturated rings. The summed E-state index contributed by atoms with van der Waals surface area (Å²) in [6.07, 6.45) is 0.607. The van der Waals surface area contributed by atoms with Gasteiger partial charge in [-0.05, 0) is 35.0 Å². The van der Waals surface area contributed by atoms with Crippen molar-refractivity contribution in [1.29, 1.82) is 0 Å². The molecule has 0 aromatic heterocycles. The van der Waals surface area contributed by atoms with Crippen LogP contribution in [0.25, 0.3) is 0 Å². The van der Waals surface area contributed by atoms with E-state index in [0.29, 0.717) is 12.5 Å². The van der Waals surface area contributed by atoms with Gasteiger partial charge in [0, 0.05) is 47.2 Å². The number of carbonyl (C=O) groups is 1. The number of hydrogen-bond acceptors (Lipinski definition) is 3. The Morgan fingerprint density at radius 1 is 1.50 bits per heavy atom. The van der Waals surface area contributed by atoms with Crippen molar-refractivity contribution in [3.8, 4) is 0 Å². The van der Waals surface area contributed by atoms with E-state index < -0.39 is 0 Å². The highest BCUT2D eigenvalue weighted by atomic mass is 79.9. The van der Waals surface area contributed by atoms with Crippen molar-refractivity contribution in [1.82, 2.24) is 10.2 Å². The summed E-state index contributed by atoms with van der Waals surface area (Å²) in [7, 11) is 0. The Bertz CT molecular complexity index is 447. The van der Waals surface area contributed by atoms with Crippen molar-refractivity contribution < 1.29 is 4.79 Å². The highest BCUT2D eigenvalue weighted by molar-refractivity contribution is 9.10. The minimum Gasteiger partial charge on any atom is -0.337 e. The standard InChI is InChI=1S/C14H19BrN2OS.ClH/c1-11-10-16-7-8-17(11)14(18)6-9-19-13-5-3-2-4-12(13)15;/h2-5,11,16H,6-10H2,1H3;1H/t11-;/m1./s1. The molecule has 20 heavy (non-hydrogen) atoms. The quantitative estimate of drug-likeness (QED) is 0.816. The van der Waals surface area contributed by atoms with Gasteiger partial charge >= 0.3 is 0 Å². The average molecular weight is 380 g/mol. The van der Waals surface area contributed by atoms with Gasteiger partial charge in [0.1, 0.15) is 0 Å². The van der Waals surface area contributed by atoms with Gasteiger partial charge in [-0.3, -0.25) is 4.79 Å². The average Bonchev–Trinajstić information content (AvgIpc) is 2.41. The Labute approximate surface area is 139 Å². The van der Waals surface area contributed by atoms with Crippen LogP contribution in [0, 0.1) is 0 Å². The summed E-state index contributed by atoms with van der Waals surface area (Å²) in [5, 5.41) is 3.30. The summed E-state index contributed by atoms with van der Waals surface area (Å²) in [5.74, 6) is 1.10. The van der Waals surface area contributed by atoms with Gasteiger partial charge in [0.15, 0.2) is 0 Å². The minimum atomic E-state index is 0. The fourth-order valence-electron chi connectivity index (χ4n) is 2.17. The Kier molecular flexibility index (Phi) is 7.95. The maximum absolute atomic E-state index is 12.2. The fourth-order valence-corrected chi connectivity index (χ4v) is 3.67. The molecule has 1 saturated heterocycles. The molecule has 112 valence electrons. The van der Waals surface area contributed by atoms with Gasteiger partial charge in [-0.2, -0.15) is 0 Å². The summed E-state index contributed by atoms with van der Waals surface area (Å²) in [6, 6.07) is 8.44. The molecular weight excluding hydrogens is 360 g/mol. The van der Waals surface area contributed by atoms with Gasteiger partial charge in [-0.15, -0.1) is 24.2 Å². The van der Waals surface area contributed by atoms with Crippen LogP contribution in [0.15, 0.2) is 33.6 Å². The van der Waals surface area contributed by atoms with Crippen LogP contribution in [-0.2, 0) is 4.79 Å². The highest BCUT2D eigenvalue weighted by Gasteiger charge is 2.22. The monoisotopic (exact) mass is 378 g/mol. The Morgan fingerprint density at radius 3 is 2.95 bits per heavy atom. The van der Waals surface area contributed by atoms with Gasteiger partial charge in [-0.25, -0.2) is 0 Å². The van der Waals surface area contributed by atoms with Crippen LogP contribution in [0.2, 0.25) is 0 Å². The maximum atomic E-state index is 12.2. The van der Waals surface area contributed by atoms with Crippen LogP contribution in [0.1, 0.15) is 13.3 Å². The lowest BCUT2D eigenvalue weighted by molar-refractivity contribution is -0.133. The largest absolute Gasteiger partial charge is 0.337 e. The number of hydrogen-bond donors (Lipinski definition) is 1. The molecule has 0 bridgehead atoms. The molecule has 1 aliphatic rings. The van der Waals surface area contributed by atoms with E-state index in [-0.39, 0.29) is 18.3 Å². The number of halogens is 2. The molecule has 6 heteroatoms. The molecule has 3 nitrogen and oxygen atoms in total. The topological polar surface area (TPSA) is 32.3 Å². The van der Waals surface area contributed by atoms with Crippen molar-refractivity contribution >= 4 is 46.0 Å². The third-order valence-electron chi connectivity index (χ3n) is 3.23. The SMILES string of the molecule is C[C@@H]1CNCCN1C(=O)CCSc1ccccc1Br.Cl. The van der Waals surface area contributed by atoms with Gasteiger partial charge in [0.05, 0.1) is 0 Å². The predicted octanol–water partition coefficient (Wildman–Crippen LogP) is 3.17. The molecule has 2 rings (SSSR count).